The monoisotopic (exact) mass is 230 g/mol. The molecule has 2 nitrogen and oxygen atoms in total. The molecule has 0 radical (unpaired) electrons. The van der Waals surface area contributed by atoms with Gasteiger partial charge < -0.3 is 5.73 Å². The molecule has 0 bridgehead atoms. The summed E-state index contributed by atoms with van der Waals surface area (Å²) in [5.41, 5.74) is 9.89. The van der Waals surface area contributed by atoms with Gasteiger partial charge in [0.1, 0.15) is 5.82 Å². The van der Waals surface area contributed by atoms with E-state index >= 15 is 0 Å². The number of pyridine rings is 1. The van der Waals surface area contributed by atoms with Gasteiger partial charge in [0.05, 0.1) is 6.04 Å². The van der Waals surface area contributed by atoms with Crippen molar-refractivity contribution in [1.82, 2.24) is 4.98 Å². The average Bonchev–Trinajstić information content (AvgIpc) is 2.31. The van der Waals surface area contributed by atoms with Crippen LogP contribution in [0.2, 0.25) is 0 Å². The molecule has 0 saturated heterocycles. The van der Waals surface area contributed by atoms with Crippen molar-refractivity contribution in [3.63, 3.8) is 0 Å². The van der Waals surface area contributed by atoms with Gasteiger partial charge in [0.15, 0.2) is 0 Å². The number of halogens is 1. The van der Waals surface area contributed by atoms with E-state index in [-0.39, 0.29) is 11.9 Å². The van der Waals surface area contributed by atoms with Gasteiger partial charge in [-0.05, 0) is 48.2 Å². The van der Waals surface area contributed by atoms with Crippen molar-refractivity contribution in [2.45, 2.75) is 19.9 Å². The molecule has 1 unspecified atom stereocenters. The van der Waals surface area contributed by atoms with Crippen LogP contribution in [0.15, 0.2) is 36.7 Å². The number of hydrogen-bond donors (Lipinski definition) is 1. The number of aromatic nitrogens is 1. The Kier molecular flexibility index (Phi) is 3.20. The minimum Gasteiger partial charge on any atom is -0.320 e. The van der Waals surface area contributed by atoms with Crippen LogP contribution in [0.1, 0.15) is 28.3 Å². The molecule has 0 aliphatic carbocycles. The molecular weight excluding hydrogens is 215 g/mol. The molecule has 0 fully saturated rings. The fraction of sp³-hybridized carbons (Fsp3) is 0.214. The fourth-order valence-corrected chi connectivity index (χ4v) is 1.87. The van der Waals surface area contributed by atoms with Gasteiger partial charge in [-0.2, -0.15) is 0 Å². The first kappa shape index (κ1) is 11.7. The van der Waals surface area contributed by atoms with Crippen LogP contribution >= 0.6 is 0 Å². The molecule has 1 atom stereocenters. The summed E-state index contributed by atoms with van der Waals surface area (Å²) in [5.74, 6) is -0.262. The zero-order valence-corrected chi connectivity index (χ0v) is 9.94. The topological polar surface area (TPSA) is 38.9 Å². The van der Waals surface area contributed by atoms with Crippen molar-refractivity contribution in [2.24, 2.45) is 5.73 Å². The number of hydrogen-bond acceptors (Lipinski definition) is 2. The third-order valence-corrected chi connectivity index (χ3v) is 2.83. The molecule has 3 heteroatoms. The number of nitrogens with two attached hydrogens (primary N) is 1. The highest BCUT2D eigenvalue weighted by Gasteiger charge is 2.12. The van der Waals surface area contributed by atoms with Crippen LogP contribution in [0.5, 0.6) is 0 Å². The van der Waals surface area contributed by atoms with E-state index in [9.17, 15) is 4.39 Å². The maximum Gasteiger partial charge on any atom is 0.123 e. The summed E-state index contributed by atoms with van der Waals surface area (Å²) in [6.45, 7) is 3.89. The van der Waals surface area contributed by atoms with Gasteiger partial charge in [-0.25, -0.2) is 4.39 Å². The molecule has 88 valence electrons. The molecule has 2 aromatic rings. The van der Waals surface area contributed by atoms with Crippen LogP contribution in [0, 0.1) is 19.7 Å². The summed E-state index contributed by atoms with van der Waals surface area (Å²) in [7, 11) is 0. The van der Waals surface area contributed by atoms with E-state index in [1.54, 1.807) is 18.5 Å². The van der Waals surface area contributed by atoms with Crippen molar-refractivity contribution < 1.29 is 4.39 Å². The first-order valence-electron chi connectivity index (χ1n) is 5.51. The van der Waals surface area contributed by atoms with Crippen molar-refractivity contribution >= 4 is 0 Å². The SMILES string of the molecule is Cc1cncc(C(N)c2cc(F)ccc2C)c1. The van der Waals surface area contributed by atoms with Crippen molar-refractivity contribution in [3.8, 4) is 0 Å². The Balaban J connectivity index is 2.43. The Bertz CT molecular complexity index is 537. The number of aryl methyl sites for hydroxylation is 2. The van der Waals surface area contributed by atoms with Gasteiger partial charge in [-0.3, -0.25) is 4.98 Å². The van der Waals surface area contributed by atoms with Gasteiger partial charge in [0.2, 0.25) is 0 Å². The van der Waals surface area contributed by atoms with Crippen LogP contribution < -0.4 is 5.73 Å². The predicted octanol–water partition coefficient (Wildman–Crippen LogP) is 2.89. The highest BCUT2D eigenvalue weighted by atomic mass is 19.1. The molecule has 2 rings (SSSR count). The lowest BCUT2D eigenvalue weighted by Crippen LogP contribution is -2.14. The zero-order valence-electron chi connectivity index (χ0n) is 9.94. The highest BCUT2D eigenvalue weighted by Crippen LogP contribution is 2.23. The molecule has 1 aromatic heterocycles. The Morgan fingerprint density at radius 2 is 1.94 bits per heavy atom. The van der Waals surface area contributed by atoms with E-state index in [1.165, 1.54) is 12.1 Å². The fourth-order valence-electron chi connectivity index (χ4n) is 1.87. The summed E-state index contributed by atoms with van der Waals surface area (Å²) < 4.78 is 13.2. The normalized spacial score (nSPS) is 12.5. The number of benzene rings is 1. The smallest absolute Gasteiger partial charge is 0.123 e. The summed E-state index contributed by atoms with van der Waals surface area (Å²) in [6, 6.07) is 6.32. The zero-order chi connectivity index (χ0) is 12.4. The predicted molar refractivity (Wildman–Crippen MR) is 66.1 cm³/mol. The summed E-state index contributed by atoms with van der Waals surface area (Å²) >= 11 is 0. The van der Waals surface area contributed by atoms with Crippen molar-refractivity contribution in [3.05, 3.63) is 64.7 Å². The third kappa shape index (κ3) is 2.50. The minimum absolute atomic E-state index is 0.262. The van der Waals surface area contributed by atoms with Crippen molar-refractivity contribution in [2.75, 3.05) is 0 Å². The van der Waals surface area contributed by atoms with E-state index in [1.807, 2.05) is 19.9 Å². The Morgan fingerprint density at radius 1 is 1.18 bits per heavy atom. The van der Waals surface area contributed by atoms with Crippen LogP contribution in [-0.4, -0.2) is 4.98 Å². The quantitative estimate of drug-likeness (QED) is 0.861. The van der Waals surface area contributed by atoms with Crippen LogP contribution in [-0.2, 0) is 0 Å². The first-order chi connectivity index (χ1) is 8.08. The lowest BCUT2D eigenvalue weighted by atomic mass is 9.96. The van der Waals surface area contributed by atoms with Crippen LogP contribution in [0.25, 0.3) is 0 Å². The third-order valence-electron chi connectivity index (χ3n) is 2.83. The van der Waals surface area contributed by atoms with Gasteiger partial charge >= 0.3 is 0 Å². The molecule has 2 N–H and O–H groups in total. The second kappa shape index (κ2) is 4.63. The Hall–Kier alpha value is -1.74. The van der Waals surface area contributed by atoms with Crippen molar-refractivity contribution in [1.29, 1.82) is 0 Å². The Morgan fingerprint density at radius 3 is 2.65 bits per heavy atom. The summed E-state index contributed by atoms with van der Waals surface area (Å²) in [6.07, 6.45) is 3.50. The largest absolute Gasteiger partial charge is 0.320 e. The lowest BCUT2D eigenvalue weighted by Gasteiger charge is -2.15. The molecule has 0 amide bonds. The Labute approximate surface area is 100 Å². The molecule has 0 spiro atoms. The van der Waals surface area contributed by atoms with E-state index < -0.39 is 0 Å². The second-order valence-electron chi connectivity index (χ2n) is 4.27. The second-order valence-corrected chi connectivity index (χ2v) is 4.27. The molecular formula is C14H15FN2. The van der Waals surface area contributed by atoms with E-state index in [2.05, 4.69) is 4.98 Å². The molecule has 1 aromatic carbocycles. The highest BCUT2D eigenvalue weighted by molar-refractivity contribution is 5.36. The number of rotatable bonds is 2. The number of nitrogens with zero attached hydrogens (tertiary/aromatic N) is 1. The van der Waals surface area contributed by atoms with Gasteiger partial charge in [0.25, 0.3) is 0 Å². The van der Waals surface area contributed by atoms with E-state index in [4.69, 9.17) is 5.73 Å². The minimum atomic E-state index is -0.335. The molecule has 0 saturated carbocycles. The van der Waals surface area contributed by atoms with Gasteiger partial charge in [-0.1, -0.05) is 12.1 Å². The standard InChI is InChI=1S/C14H15FN2/c1-9-5-11(8-17-7-9)14(16)13-6-12(15)4-3-10(13)2/h3-8,14H,16H2,1-2H3. The summed E-state index contributed by atoms with van der Waals surface area (Å²) in [4.78, 5) is 4.11. The first-order valence-corrected chi connectivity index (χ1v) is 5.51. The summed E-state index contributed by atoms with van der Waals surface area (Å²) in [5, 5.41) is 0. The van der Waals surface area contributed by atoms with E-state index in [0.717, 1.165) is 22.3 Å². The van der Waals surface area contributed by atoms with Crippen LogP contribution in [0.4, 0.5) is 4.39 Å². The molecule has 17 heavy (non-hydrogen) atoms. The van der Waals surface area contributed by atoms with E-state index in [0.29, 0.717) is 0 Å². The lowest BCUT2D eigenvalue weighted by molar-refractivity contribution is 0.622. The average molecular weight is 230 g/mol. The molecule has 0 aliphatic heterocycles. The van der Waals surface area contributed by atoms with Gasteiger partial charge in [0, 0.05) is 12.4 Å². The van der Waals surface area contributed by atoms with Crippen LogP contribution in [0.3, 0.4) is 0 Å². The molecule has 1 heterocycles. The van der Waals surface area contributed by atoms with Gasteiger partial charge in [-0.15, -0.1) is 0 Å². The maximum absolute atomic E-state index is 13.2. The molecule has 0 aliphatic rings. The maximum atomic E-state index is 13.2.